The van der Waals surface area contributed by atoms with Gasteiger partial charge < -0.3 is 10.1 Å². The summed E-state index contributed by atoms with van der Waals surface area (Å²) in [7, 11) is 1.28. The van der Waals surface area contributed by atoms with E-state index in [9.17, 15) is 9.59 Å². The van der Waals surface area contributed by atoms with Gasteiger partial charge in [-0.15, -0.1) is 0 Å². The van der Waals surface area contributed by atoms with E-state index < -0.39 is 17.9 Å². The third-order valence-corrected chi connectivity index (χ3v) is 4.00. The number of ether oxygens (including phenoxy) is 1. The Hall–Kier alpha value is -0.990. The average Bonchev–Trinajstić information content (AvgIpc) is 2.50. The van der Waals surface area contributed by atoms with Gasteiger partial charge in [-0.05, 0) is 24.7 Å². The summed E-state index contributed by atoms with van der Waals surface area (Å²) in [4.78, 5) is 31.9. The monoisotopic (exact) mass is 349 g/mol. The van der Waals surface area contributed by atoms with Crippen LogP contribution in [-0.2, 0) is 9.53 Å². The molecule has 0 saturated carbocycles. The van der Waals surface area contributed by atoms with Gasteiger partial charge in [0.2, 0.25) is 0 Å². The van der Waals surface area contributed by atoms with Gasteiger partial charge in [-0.3, -0.25) is 4.79 Å². The fourth-order valence-corrected chi connectivity index (χ4v) is 2.45. The van der Waals surface area contributed by atoms with Crippen LogP contribution in [0.5, 0.6) is 0 Å². The minimum absolute atomic E-state index is 0.0501. The van der Waals surface area contributed by atoms with E-state index in [0.29, 0.717) is 17.3 Å². The first kappa shape index (κ1) is 18.1. The van der Waals surface area contributed by atoms with Gasteiger partial charge in [0.15, 0.2) is 10.9 Å². The molecule has 1 rings (SSSR count). The summed E-state index contributed by atoms with van der Waals surface area (Å²) < 4.78 is 4.69. The highest BCUT2D eigenvalue weighted by molar-refractivity contribution is 7.98. The smallest absolute Gasteiger partial charge is 0.328 e. The number of carbonyl (C=O) groups is 2. The zero-order chi connectivity index (χ0) is 15.8. The van der Waals surface area contributed by atoms with E-state index in [0.717, 1.165) is 0 Å². The predicted molar refractivity (Wildman–Crippen MR) is 85.1 cm³/mol. The minimum Gasteiger partial charge on any atom is -0.467 e. The molecule has 0 radical (unpaired) electrons. The molecule has 1 atom stereocenters. The maximum atomic E-state index is 12.2. The van der Waals surface area contributed by atoms with Crippen molar-refractivity contribution >= 4 is 47.0 Å². The molecule has 9 heteroatoms. The third-order valence-electron chi connectivity index (χ3n) is 2.52. The van der Waals surface area contributed by atoms with Gasteiger partial charge in [-0.25, -0.2) is 14.8 Å². The molecule has 0 spiro atoms. The lowest BCUT2D eigenvalue weighted by atomic mass is 10.2. The molecule has 0 unspecified atom stereocenters. The molecular formula is C12H16ClN3O3S2. The van der Waals surface area contributed by atoms with Crippen molar-refractivity contribution in [2.24, 2.45) is 0 Å². The Morgan fingerprint density at radius 2 is 2.19 bits per heavy atom. The van der Waals surface area contributed by atoms with Crippen molar-refractivity contribution in [3.63, 3.8) is 0 Å². The molecule has 0 bridgehead atoms. The van der Waals surface area contributed by atoms with Crippen LogP contribution in [0.3, 0.4) is 0 Å². The zero-order valence-corrected chi connectivity index (χ0v) is 14.3. The van der Waals surface area contributed by atoms with E-state index in [-0.39, 0.29) is 10.7 Å². The Bertz CT molecular complexity index is 517. The second kappa shape index (κ2) is 9.11. The fourth-order valence-electron chi connectivity index (χ4n) is 1.46. The lowest BCUT2D eigenvalue weighted by molar-refractivity contribution is -0.142. The third kappa shape index (κ3) is 5.37. The number of amides is 1. The molecule has 1 aromatic heterocycles. The van der Waals surface area contributed by atoms with E-state index in [2.05, 4.69) is 20.0 Å². The van der Waals surface area contributed by atoms with Gasteiger partial charge in [0, 0.05) is 0 Å². The molecule has 0 aliphatic carbocycles. The Balaban J connectivity index is 2.88. The number of halogens is 1. The molecule has 0 saturated heterocycles. The van der Waals surface area contributed by atoms with Crippen LogP contribution in [0.2, 0.25) is 5.02 Å². The Labute approximate surface area is 136 Å². The van der Waals surface area contributed by atoms with Crippen molar-refractivity contribution in [1.29, 1.82) is 0 Å². The van der Waals surface area contributed by atoms with Gasteiger partial charge in [-0.1, -0.05) is 23.4 Å². The lowest BCUT2D eigenvalue weighted by Crippen LogP contribution is -2.42. The summed E-state index contributed by atoms with van der Waals surface area (Å²) in [6.07, 6.45) is 5.55. The molecule has 1 aromatic rings. The quantitative estimate of drug-likeness (QED) is 0.457. The molecule has 21 heavy (non-hydrogen) atoms. The van der Waals surface area contributed by atoms with E-state index in [1.54, 1.807) is 18.0 Å². The van der Waals surface area contributed by atoms with Crippen molar-refractivity contribution < 1.29 is 14.3 Å². The number of nitrogens with zero attached hydrogens (tertiary/aromatic N) is 2. The summed E-state index contributed by atoms with van der Waals surface area (Å²) in [5.41, 5.74) is 0.0501. The molecular weight excluding hydrogens is 334 g/mol. The van der Waals surface area contributed by atoms with Gasteiger partial charge in [0.1, 0.15) is 6.04 Å². The summed E-state index contributed by atoms with van der Waals surface area (Å²) in [5.74, 6) is -0.296. The van der Waals surface area contributed by atoms with Crippen molar-refractivity contribution in [2.75, 3.05) is 25.4 Å². The normalized spacial score (nSPS) is 11.8. The van der Waals surface area contributed by atoms with Crippen LogP contribution in [0.15, 0.2) is 11.4 Å². The van der Waals surface area contributed by atoms with E-state index >= 15 is 0 Å². The van der Waals surface area contributed by atoms with E-state index in [1.807, 2.05) is 6.26 Å². The first-order valence-corrected chi connectivity index (χ1v) is 8.97. The molecule has 0 aliphatic rings. The standard InChI is InChI=1S/C12H16ClN3O3S2/c1-19-11(18)8(4-5-20-2)15-10(17)9-7(13)6-14-12(16-9)21-3/h6,8H,4-5H2,1-3H3,(H,15,17)/t8-/m0/s1. The number of aromatic nitrogens is 2. The van der Waals surface area contributed by atoms with Crippen LogP contribution in [0.1, 0.15) is 16.9 Å². The second-order valence-electron chi connectivity index (χ2n) is 3.88. The molecule has 1 amide bonds. The number of nitrogens with one attached hydrogen (secondary N) is 1. The molecule has 6 nitrogen and oxygen atoms in total. The second-order valence-corrected chi connectivity index (χ2v) is 6.05. The molecule has 0 aliphatic heterocycles. The van der Waals surface area contributed by atoms with Gasteiger partial charge in [-0.2, -0.15) is 11.8 Å². The first-order valence-electron chi connectivity index (χ1n) is 5.97. The Kier molecular flexibility index (Phi) is 7.84. The van der Waals surface area contributed by atoms with Gasteiger partial charge in [0.05, 0.1) is 18.3 Å². The summed E-state index contributed by atoms with van der Waals surface area (Å²) in [6, 6.07) is -0.723. The largest absolute Gasteiger partial charge is 0.467 e. The van der Waals surface area contributed by atoms with Gasteiger partial charge in [0.25, 0.3) is 5.91 Å². The summed E-state index contributed by atoms with van der Waals surface area (Å²) >= 11 is 8.81. The summed E-state index contributed by atoms with van der Waals surface area (Å²) in [5, 5.41) is 3.17. The lowest BCUT2D eigenvalue weighted by Gasteiger charge is -2.16. The van der Waals surface area contributed by atoms with Crippen molar-refractivity contribution in [2.45, 2.75) is 17.6 Å². The van der Waals surface area contributed by atoms with Crippen LogP contribution in [0.4, 0.5) is 0 Å². The Morgan fingerprint density at radius 3 is 2.76 bits per heavy atom. The predicted octanol–water partition coefficient (Wildman–Crippen LogP) is 1.88. The first-order chi connectivity index (χ1) is 10.0. The van der Waals surface area contributed by atoms with Crippen LogP contribution in [0, 0.1) is 0 Å². The van der Waals surface area contributed by atoms with Crippen LogP contribution in [0.25, 0.3) is 0 Å². The van der Waals surface area contributed by atoms with Crippen molar-refractivity contribution in [3.05, 3.63) is 16.9 Å². The molecule has 116 valence electrons. The van der Waals surface area contributed by atoms with E-state index in [1.165, 1.54) is 25.1 Å². The maximum absolute atomic E-state index is 12.2. The fraction of sp³-hybridized carbons (Fsp3) is 0.500. The van der Waals surface area contributed by atoms with Crippen LogP contribution < -0.4 is 5.32 Å². The van der Waals surface area contributed by atoms with Crippen LogP contribution >= 0.6 is 35.1 Å². The number of esters is 1. The SMILES string of the molecule is COC(=O)[C@H](CCSC)NC(=O)c1nc(SC)ncc1Cl. The number of rotatable bonds is 7. The number of hydrogen-bond donors (Lipinski definition) is 1. The molecule has 1 heterocycles. The molecule has 0 fully saturated rings. The highest BCUT2D eigenvalue weighted by atomic mass is 35.5. The summed E-state index contributed by atoms with van der Waals surface area (Å²) in [6.45, 7) is 0. The number of thioether (sulfide) groups is 2. The topological polar surface area (TPSA) is 81.2 Å². The number of hydrogen-bond acceptors (Lipinski definition) is 7. The van der Waals surface area contributed by atoms with Crippen molar-refractivity contribution in [1.82, 2.24) is 15.3 Å². The number of carbonyl (C=O) groups excluding carboxylic acids is 2. The van der Waals surface area contributed by atoms with Gasteiger partial charge >= 0.3 is 5.97 Å². The highest BCUT2D eigenvalue weighted by Crippen LogP contribution is 2.16. The highest BCUT2D eigenvalue weighted by Gasteiger charge is 2.24. The minimum atomic E-state index is -0.723. The van der Waals surface area contributed by atoms with Crippen molar-refractivity contribution in [3.8, 4) is 0 Å². The molecule has 0 aromatic carbocycles. The molecule has 1 N–H and O–H groups in total. The zero-order valence-electron chi connectivity index (χ0n) is 11.9. The maximum Gasteiger partial charge on any atom is 0.328 e. The van der Waals surface area contributed by atoms with E-state index in [4.69, 9.17) is 11.6 Å². The average molecular weight is 350 g/mol. The number of methoxy groups -OCH3 is 1. The Morgan fingerprint density at radius 1 is 1.48 bits per heavy atom. The van der Waals surface area contributed by atoms with Crippen LogP contribution in [-0.4, -0.2) is 53.3 Å².